The first-order valence-electron chi connectivity index (χ1n) is 18.8. The van der Waals surface area contributed by atoms with E-state index in [4.69, 9.17) is 19.4 Å². The molecule has 1 spiro atoms. The Labute approximate surface area is 302 Å². The standard InChI is InChI=1S/C48H35N3O/c1-2-11-29(12-3-1)45-49-46(31-14-8-13-30(26-31)34-17-10-22-42-43(34)37-16-5-7-21-41(37)52-42)51-47(50-45)38-19-9-18-36-35-15-4-6-20-39(35)48(44(36)38)33-24-28-23-32(27-33)40(48)25-28/h1-22,26,28,32-33,40H,23-25,27H2. The van der Waals surface area contributed by atoms with Gasteiger partial charge in [0.1, 0.15) is 11.2 Å². The largest absolute Gasteiger partial charge is 0.456 e. The van der Waals surface area contributed by atoms with Crippen molar-refractivity contribution < 1.29 is 4.42 Å². The topological polar surface area (TPSA) is 51.8 Å². The van der Waals surface area contributed by atoms with E-state index in [1.54, 1.807) is 5.56 Å². The fraction of sp³-hybridized carbons (Fsp3) is 0.188. The summed E-state index contributed by atoms with van der Waals surface area (Å²) in [6, 6.07) is 49.8. The third kappa shape index (κ3) is 3.84. The number of aromatic nitrogens is 3. The van der Waals surface area contributed by atoms with Crippen LogP contribution in [0.15, 0.2) is 144 Å². The minimum atomic E-state index is 0.0197. The molecule has 4 bridgehead atoms. The zero-order chi connectivity index (χ0) is 34.0. The molecular weight excluding hydrogens is 635 g/mol. The van der Waals surface area contributed by atoms with Gasteiger partial charge in [-0.1, -0.05) is 121 Å². The minimum Gasteiger partial charge on any atom is -0.456 e. The summed E-state index contributed by atoms with van der Waals surface area (Å²) in [5.41, 5.74) is 12.9. The van der Waals surface area contributed by atoms with Gasteiger partial charge in [0.25, 0.3) is 0 Å². The molecule has 5 aliphatic rings. The maximum Gasteiger partial charge on any atom is 0.164 e. The van der Waals surface area contributed by atoms with Gasteiger partial charge >= 0.3 is 0 Å². The molecule has 0 radical (unpaired) electrons. The van der Waals surface area contributed by atoms with Crippen molar-refractivity contribution in [3.8, 4) is 56.4 Å². The monoisotopic (exact) mass is 669 g/mol. The molecule has 4 fully saturated rings. The van der Waals surface area contributed by atoms with Crippen molar-refractivity contribution in [3.05, 3.63) is 151 Å². The lowest BCUT2D eigenvalue weighted by atomic mass is 9.58. The Hall–Kier alpha value is -5.87. The van der Waals surface area contributed by atoms with E-state index in [0.717, 1.165) is 67.4 Å². The molecule has 2 aromatic heterocycles. The van der Waals surface area contributed by atoms with Crippen LogP contribution in [0.1, 0.15) is 36.8 Å². The fourth-order valence-electron chi connectivity index (χ4n) is 11.4. The molecule has 8 aromatic rings. The molecule has 0 N–H and O–H groups in total. The van der Waals surface area contributed by atoms with Crippen LogP contribution in [0.3, 0.4) is 0 Å². The Bertz CT molecular complexity index is 2740. The molecule has 0 amide bonds. The quantitative estimate of drug-likeness (QED) is 0.187. The molecule has 4 nitrogen and oxygen atoms in total. The van der Waals surface area contributed by atoms with Crippen LogP contribution in [0, 0.1) is 23.7 Å². The van der Waals surface area contributed by atoms with Crippen LogP contribution in [-0.2, 0) is 5.41 Å². The van der Waals surface area contributed by atoms with Crippen molar-refractivity contribution >= 4 is 21.9 Å². The molecule has 5 aliphatic carbocycles. The first kappa shape index (κ1) is 28.8. The Morgan fingerprint density at radius 1 is 0.500 bits per heavy atom. The van der Waals surface area contributed by atoms with Crippen LogP contribution < -0.4 is 0 Å². The van der Waals surface area contributed by atoms with E-state index in [1.165, 1.54) is 42.4 Å². The lowest BCUT2D eigenvalue weighted by Gasteiger charge is -2.44. The van der Waals surface area contributed by atoms with Crippen LogP contribution in [0.4, 0.5) is 0 Å². The highest BCUT2D eigenvalue weighted by Crippen LogP contribution is 2.73. The molecule has 2 heterocycles. The van der Waals surface area contributed by atoms with Crippen molar-refractivity contribution in [2.24, 2.45) is 23.7 Å². The van der Waals surface area contributed by atoms with Gasteiger partial charge in [0, 0.05) is 32.9 Å². The summed E-state index contributed by atoms with van der Waals surface area (Å²) in [5.74, 6) is 5.17. The Morgan fingerprint density at radius 2 is 1.17 bits per heavy atom. The van der Waals surface area contributed by atoms with Gasteiger partial charge in [0.05, 0.1) is 0 Å². The van der Waals surface area contributed by atoms with Crippen LogP contribution in [0.2, 0.25) is 0 Å². The lowest BCUT2D eigenvalue weighted by Crippen LogP contribution is -2.40. The number of hydrogen-bond donors (Lipinski definition) is 0. The number of nitrogens with zero attached hydrogens (tertiary/aromatic N) is 3. The summed E-state index contributed by atoms with van der Waals surface area (Å²) < 4.78 is 6.26. The number of para-hydroxylation sites is 1. The van der Waals surface area contributed by atoms with E-state index in [2.05, 4.69) is 121 Å². The van der Waals surface area contributed by atoms with E-state index in [-0.39, 0.29) is 5.41 Å². The molecule has 13 rings (SSSR count). The van der Waals surface area contributed by atoms with E-state index >= 15 is 0 Å². The second-order valence-electron chi connectivity index (χ2n) is 15.5. The van der Waals surface area contributed by atoms with Crippen molar-refractivity contribution in [2.45, 2.75) is 31.1 Å². The summed E-state index contributed by atoms with van der Waals surface area (Å²) in [6.07, 6.45) is 5.41. The molecule has 6 aromatic carbocycles. The Balaban J connectivity index is 1.08. The molecule has 5 atom stereocenters. The van der Waals surface area contributed by atoms with Gasteiger partial charge in [-0.25, -0.2) is 15.0 Å². The second-order valence-corrected chi connectivity index (χ2v) is 15.5. The molecule has 5 unspecified atom stereocenters. The fourth-order valence-corrected chi connectivity index (χ4v) is 11.4. The summed E-state index contributed by atoms with van der Waals surface area (Å²) >= 11 is 0. The SMILES string of the molecule is c1ccc(-c2nc(-c3cccc(-c4cccc5oc6ccccc6c45)c3)nc(-c3cccc4c3C3(c5ccccc5-4)C4CC5CC(C4)C3C5)n2)cc1. The van der Waals surface area contributed by atoms with Gasteiger partial charge in [-0.05, 0) is 101 Å². The van der Waals surface area contributed by atoms with Gasteiger partial charge in [0.15, 0.2) is 17.5 Å². The highest BCUT2D eigenvalue weighted by atomic mass is 16.3. The first-order chi connectivity index (χ1) is 25.7. The molecule has 4 heteroatoms. The van der Waals surface area contributed by atoms with Gasteiger partial charge in [-0.2, -0.15) is 0 Å². The molecule has 0 aliphatic heterocycles. The number of furan rings is 1. The normalized spacial score (nSPS) is 23.5. The van der Waals surface area contributed by atoms with Crippen LogP contribution >= 0.6 is 0 Å². The molecule has 0 saturated heterocycles. The molecule has 4 saturated carbocycles. The highest BCUT2D eigenvalue weighted by molar-refractivity contribution is 6.12. The van der Waals surface area contributed by atoms with Crippen molar-refractivity contribution in [1.29, 1.82) is 0 Å². The van der Waals surface area contributed by atoms with E-state index in [1.807, 2.05) is 18.2 Å². The zero-order valence-corrected chi connectivity index (χ0v) is 28.7. The number of benzene rings is 6. The van der Waals surface area contributed by atoms with Crippen LogP contribution in [0.5, 0.6) is 0 Å². The molecule has 52 heavy (non-hydrogen) atoms. The van der Waals surface area contributed by atoms with Gasteiger partial charge in [-0.15, -0.1) is 0 Å². The summed E-state index contributed by atoms with van der Waals surface area (Å²) in [4.78, 5) is 15.9. The molecular formula is C48H35N3O. The predicted molar refractivity (Wildman–Crippen MR) is 207 cm³/mol. The smallest absolute Gasteiger partial charge is 0.164 e. The number of fused-ring (bicyclic) bond motifs is 6. The first-order valence-corrected chi connectivity index (χ1v) is 18.8. The summed E-state index contributed by atoms with van der Waals surface area (Å²) in [6.45, 7) is 0. The number of hydrogen-bond acceptors (Lipinski definition) is 4. The van der Waals surface area contributed by atoms with E-state index < -0.39 is 0 Å². The van der Waals surface area contributed by atoms with E-state index in [9.17, 15) is 0 Å². The van der Waals surface area contributed by atoms with Crippen molar-refractivity contribution in [3.63, 3.8) is 0 Å². The second kappa shape index (κ2) is 10.6. The van der Waals surface area contributed by atoms with Crippen molar-refractivity contribution in [2.75, 3.05) is 0 Å². The lowest BCUT2D eigenvalue weighted by molar-refractivity contribution is 0.191. The highest BCUT2D eigenvalue weighted by Gasteiger charge is 2.66. The summed E-state index contributed by atoms with van der Waals surface area (Å²) in [5, 5.41) is 2.25. The maximum atomic E-state index is 6.26. The average molecular weight is 670 g/mol. The van der Waals surface area contributed by atoms with Gasteiger partial charge in [-0.3, -0.25) is 0 Å². The third-order valence-corrected chi connectivity index (χ3v) is 13.1. The third-order valence-electron chi connectivity index (χ3n) is 13.1. The summed E-state index contributed by atoms with van der Waals surface area (Å²) in [7, 11) is 0. The van der Waals surface area contributed by atoms with Gasteiger partial charge < -0.3 is 4.42 Å². The molecule has 248 valence electrons. The van der Waals surface area contributed by atoms with Crippen LogP contribution in [-0.4, -0.2) is 15.0 Å². The Kier molecular flexibility index (Phi) is 5.86. The van der Waals surface area contributed by atoms with E-state index in [0.29, 0.717) is 23.5 Å². The van der Waals surface area contributed by atoms with Crippen molar-refractivity contribution in [1.82, 2.24) is 15.0 Å². The average Bonchev–Trinajstić information content (AvgIpc) is 3.89. The number of rotatable bonds is 4. The predicted octanol–water partition coefficient (Wildman–Crippen LogP) is 11.8. The zero-order valence-electron chi connectivity index (χ0n) is 28.7. The van der Waals surface area contributed by atoms with Crippen LogP contribution in [0.25, 0.3) is 78.4 Å². The van der Waals surface area contributed by atoms with Gasteiger partial charge in [0.2, 0.25) is 0 Å². The minimum absolute atomic E-state index is 0.0197. The Morgan fingerprint density at radius 3 is 2.10 bits per heavy atom. The maximum absolute atomic E-state index is 6.26.